The van der Waals surface area contributed by atoms with Crippen molar-refractivity contribution in [3.8, 4) is 0 Å². The smallest absolute Gasteiger partial charge is 0.224 e. The van der Waals surface area contributed by atoms with Gasteiger partial charge in [-0.05, 0) is 36.6 Å². The molecule has 2 N–H and O–H groups in total. The van der Waals surface area contributed by atoms with Gasteiger partial charge in [-0.25, -0.2) is 17.5 Å². The van der Waals surface area contributed by atoms with Gasteiger partial charge in [0, 0.05) is 12.6 Å². The van der Waals surface area contributed by atoms with E-state index in [0.717, 1.165) is 0 Å². The van der Waals surface area contributed by atoms with Gasteiger partial charge in [-0.3, -0.25) is 4.79 Å². The van der Waals surface area contributed by atoms with Crippen LogP contribution in [0.15, 0.2) is 48.5 Å². The van der Waals surface area contributed by atoms with Crippen LogP contribution in [0.5, 0.6) is 0 Å². The fourth-order valence-corrected chi connectivity index (χ4v) is 4.04. The molecule has 1 amide bonds. The van der Waals surface area contributed by atoms with E-state index in [4.69, 9.17) is 0 Å². The molecule has 0 saturated carbocycles. The quantitative estimate of drug-likeness (QED) is 0.741. The van der Waals surface area contributed by atoms with Crippen LogP contribution < -0.4 is 10.0 Å². The third-order valence-corrected chi connectivity index (χ3v) is 5.19. The van der Waals surface area contributed by atoms with E-state index in [-0.39, 0.29) is 30.7 Å². The standard InChI is InChI=1S/C19H23FN2O3S/c1-14(2)22-26(24,25)13-17-9-4-3-8-16(17)12-21-19(23)11-15-7-5-6-10-18(15)20/h3-10,14,22H,11-13H2,1-2H3,(H,21,23). The number of hydrogen-bond acceptors (Lipinski definition) is 3. The highest BCUT2D eigenvalue weighted by molar-refractivity contribution is 7.88. The second kappa shape index (κ2) is 8.91. The van der Waals surface area contributed by atoms with E-state index in [1.807, 2.05) is 0 Å². The molecule has 0 atom stereocenters. The molecule has 0 aromatic heterocycles. The molecule has 0 fully saturated rings. The van der Waals surface area contributed by atoms with Crippen molar-refractivity contribution in [2.75, 3.05) is 0 Å². The Morgan fingerprint density at radius 1 is 1.00 bits per heavy atom. The van der Waals surface area contributed by atoms with E-state index >= 15 is 0 Å². The molecule has 0 radical (unpaired) electrons. The van der Waals surface area contributed by atoms with Crippen molar-refractivity contribution in [3.05, 3.63) is 71.0 Å². The summed E-state index contributed by atoms with van der Waals surface area (Å²) in [5.41, 5.74) is 1.65. The number of carbonyl (C=O) groups excluding carboxylic acids is 1. The molecule has 0 aliphatic carbocycles. The number of amides is 1. The van der Waals surface area contributed by atoms with Gasteiger partial charge >= 0.3 is 0 Å². The summed E-state index contributed by atoms with van der Waals surface area (Å²) in [5, 5.41) is 2.72. The van der Waals surface area contributed by atoms with Gasteiger partial charge in [-0.2, -0.15) is 0 Å². The van der Waals surface area contributed by atoms with E-state index < -0.39 is 15.8 Å². The number of sulfonamides is 1. The highest BCUT2D eigenvalue weighted by Gasteiger charge is 2.16. The Labute approximate surface area is 153 Å². The van der Waals surface area contributed by atoms with Crippen LogP contribution in [0.3, 0.4) is 0 Å². The molecule has 2 rings (SSSR count). The predicted octanol–water partition coefficient (Wildman–Crippen LogP) is 2.51. The fraction of sp³-hybridized carbons (Fsp3) is 0.316. The van der Waals surface area contributed by atoms with Gasteiger partial charge in [0.15, 0.2) is 0 Å². The Morgan fingerprint density at radius 3 is 2.19 bits per heavy atom. The number of rotatable bonds is 8. The zero-order chi connectivity index (χ0) is 19.2. The van der Waals surface area contributed by atoms with Crippen LogP contribution in [0, 0.1) is 5.82 Å². The number of halogens is 1. The van der Waals surface area contributed by atoms with E-state index in [0.29, 0.717) is 16.7 Å². The Balaban J connectivity index is 2.02. The molecule has 0 heterocycles. The Kier molecular flexibility index (Phi) is 6.88. The SMILES string of the molecule is CC(C)NS(=O)(=O)Cc1ccccc1CNC(=O)Cc1ccccc1F. The lowest BCUT2D eigenvalue weighted by Crippen LogP contribution is -2.32. The Bertz CT molecular complexity index is 867. The Morgan fingerprint density at radius 2 is 1.58 bits per heavy atom. The molecule has 26 heavy (non-hydrogen) atoms. The first kappa shape index (κ1) is 20.1. The van der Waals surface area contributed by atoms with Gasteiger partial charge in [0.2, 0.25) is 15.9 Å². The van der Waals surface area contributed by atoms with Crippen molar-refractivity contribution < 1.29 is 17.6 Å². The topological polar surface area (TPSA) is 75.3 Å². The fourth-order valence-electron chi connectivity index (χ4n) is 2.55. The molecule has 2 aromatic rings. The van der Waals surface area contributed by atoms with Crippen LogP contribution >= 0.6 is 0 Å². The summed E-state index contributed by atoms with van der Waals surface area (Å²) >= 11 is 0. The largest absolute Gasteiger partial charge is 0.352 e. The summed E-state index contributed by atoms with van der Waals surface area (Å²) in [6.07, 6.45) is -0.0674. The molecule has 0 saturated heterocycles. The van der Waals surface area contributed by atoms with Crippen molar-refractivity contribution >= 4 is 15.9 Å². The molecular formula is C19H23FN2O3S. The molecule has 140 valence electrons. The van der Waals surface area contributed by atoms with Gasteiger partial charge in [-0.15, -0.1) is 0 Å². The molecular weight excluding hydrogens is 355 g/mol. The minimum Gasteiger partial charge on any atom is -0.352 e. The first-order chi connectivity index (χ1) is 12.3. The number of carbonyl (C=O) groups is 1. The lowest BCUT2D eigenvalue weighted by molar-refractivity contribution is -0.120. The predicted molar refractivity (Wildman–Crippen MR) is 99.3 cm³/mol. The summed E-state index contributed by atoms with van der Waals surface area (Å²) < 4.78 is 40.4. The third kappa shape index (κ3) is 6.24. The molecule has 0 aliphatic rings. The second-order valence-electron chi connectivity index (χ2n) is 6.35. The summed E-state index contributed by atoms with van der Waals surface area (Å²) in [7, 11) is -3.46. The van der Waals surface area contributed by atoms with Crippen molar-refractivity contribution in [3.63, 3.8) is 0 Å². The van der Waals surface area contributed by atoms with Crippen LogP contribution in [-0.2, 0) is 33.5 Å². The van der Waals surface area contributed by atoms with Gasteiger partial charge in [0.1, 0.15) is 5.82 Å². The van der Waals surface area contributed by atoms with Crippen LogP contribution in [0.25, 0.3) is 0 Å². The normalized spacial score (nSPS) is 11.5. The monoisotopic (exact) mass is 378 g/mol. The second-order valence-corrected chi connectivity index (χ2v) is 8.10. The minimum absolute atomic E-state index is 0.0674. The molecule has 0 bridgehead atoms. The number of nitrogens with one attached hydrogen (secondary N) is 2. The molecule has 5 nitrogen and oxygen atoms in total. The maximum absolute atomic E-state index is 13.6. The van der Waals surface area contributed by atoms with E-state index in [9.17, 15) is 17.6 Å². The molecule has 7 heteroatoms. The third-order valence-electron chi connectivity index (χ3n) is 3.66. The first-order valence-corrected chi connectivity index (χ1v) is 9.99. The van der Waals surface area contributed by atoms with Crippen molar-refractivity contribution in [1.82, 2.24) is 10.0 Å². The van der Waals surface area contributed by atoms with Crippen molar-refractivity contribution in [1.29, 1.82) is 0 Å². The van der Waals surface area contributed by atoms with Gasteiger partial charge in [-0.1, -0.05) is 42.5 Å². The highest BCUT2D eigenvalue weighted by Crippen LogP contribution is 2.13. The summed E-state index contributed by atoms with van der Waals surface area (Å²) in [4.78, 5) is 12.1. The number of hydrogen-bond donors (Lipinski definition) is 2. The molecule has 0 aliphatic heterocycles. The first-order valence-electron chi connectivity index (χ1n) is 8.34. The van der Waals surface area contributed by atoms with Gasteiger partial charge < -0.3 is 5.32 Å². The van der Waals surface area contributed by atoms with E-state index in [1.165, 1.54) is 6.07 Å². The summed E-state index contributed by atoms with van der Waals surface area (Å²) in [5.74, 6) is -0.910. The van der Waals surface area contributed by atoms with Gasteiger partial charge in [0.05, 0.1) is 12.2 Å². The lowest BCUT2D eigenvalue weighted by Gasteiger charge is -2.13. The molecule has 0 spiro atoms. The molecule has 0 unspecified atom stereocenters. The van der Waals surface area contributed by atoms with Crippen molar-refractivity contribution in [2.24, 2.45) is 0 Å². The lowest BCUT2D eigenvalue weighted by atomic mass is 10.1. The Hall–Kier alpha value is -2.25. The van der Waals surface area contributed by atoms with E-state index in [1.54, 1.807) is 56.3 Å². The molecule has 2 aromatic carbocycles. The summed E-state index contributed by atoms with van der Waals surface area (Å²) in [6, 6.07) is 13.0. The average Bonchev–Trinajstić information content (AvgIpc) is 2.54. The maximum atomic E-state index is 13.6. The van der Waals surface area contributed by atoms with Gasteiger partial charge in [0.25, 0.3) is 0 Å². The highest BCUT2D eigenvalue weighted by atomic mass is 32.2. The van der Waals surface area contributed by atoms with Crippen LogP contribution in [-0.4, -0.2) is 20.4 Å². The van der Waals surface area contributed by atoms with Crippen LogP contribution in [0.2, 0.25) is 0 Å². The van der Waals surface area contributed by atoms with Crippen molar-refractivity contribution in [2.45, 2.75) is 38.6 Å². The van der Waals surface area contributed by atoms with E-state index in [2.05, 4.69) is 10.0 Å². The van der Waals surface area contributed by atoms with Crippen LogP contribution in [0.4, 0.5) is 4.39 Å². The zero-order valence-corrected chi connectivity index (χ0v) is 15.6. The zero-order valence-electron chi connectivity index (χ0n) is 14.8. The number of benzene rings is 2. The summed E-state index contributed by atoms with van der Waals surface area (Å²) in [6.45, 7) is 3.69. The minimum atomic E-state index is -3.46. The van der Waals surface area contributed by atoms with Crippen LogP contribution in [0.1, 0.15) is 30.5 Å². The maximum Gasteiger partial charge on any atom is 0.224 e. The average molecular weight is 378 g/mol.